The summed E-state index contributed by atoms with van der Waals surface area (Å²) in [5, 5.41) is 0.297. The van der Waals surface area contributed by atoms with Crippen molar-refractivity contribution in [2.45, 2.75) is 5.51 Å². The summed E-state index contributed by atoms with van der Waals surface area (Å²) in [4.78, 5) is 0. The van der Waals surface area contributed by atoms with E-state index in [1.165, 1.54) is 12.1 Å². The van der Waals surface area contributed by atoms with Crippen molar-refractivity contribution in [1.82, 2.24) is 0 Å². The molecule has 0 spiro atoms. The number of rotatable bonds is 3. The number of fused-ring (bicyclic) bond motifs is 1. The molecule has 0 heterocycles. The van der Waals surface area contributed by atoms with Gasteiger partial charge in [0, 0.05) is 16.0 Å². The third-order valence-corrected chi connectivity index (χ3v) is 5.70. The highest BCUT2D eigenvalue weighted by Gasteiger charge is 2.49. The van der Waals surface area contributed by atoms with E-state index in [9.17, 15) is 21.6 Å². The maximum atomic E-state index is 12.7. The minimum atomic E-state index is -5.93. The van der Waals surface area contributed by atoms with Gasteiger partial charge in [-0.05, 0) is 23.1 Å². The average Bonchev–Trinajstić information content (AvgIpc) is 2.59. The lowest BCUT2D eigenvalue weighted by molar-refractivity contribution is -0.0499. The summed E-state index contributed by atoms with van der Waals surface area (Å²) >= 11 is 18.3. The van der Waals surface area contributed by atoms with Gasteiger partial charge in [-0.25, -0.2) is 0 Å². The Hall–Kier alpha value is -1.67. The van der Waals surface area contributed by atoms with Gasteiger partial charge >= 0.3 is 15.6 Å². The Morgan fingerprint density at radius 1 is 0.815 bits per heavy atom. The van der Waals surface area contributed by atoms with Crippen LogP contribution < -0.4 is 4.18 Å². The van der Waals surface area contributed by atoms with Gasteiger partial charge in [-0.1, -0.05) is 71.2 Å². The van der Waals surface area contributed by atoms with Crippen LogP contribution in [0.2, 0.25) is 15.1 Å². The number of halogens is 6. The zero-order valence-electron chi connectivity index (χ0n) is 13.0. The summed E-state index contributed by atoms with van der Waals surface area (Å²) in [5.74, 6) is -0.688. The molecule has 0 saturated carbocycles. The van der Waals surface area contributed by atoms with E-state index >= 15 is 0 Å². The standard InChI is InChI=1S/C17H8Cl3F3O3S/c18-10-7-5-9(6-8-10)13-11-3-1-2-4-12(11)16(15(20)14(13)19)26-27(24,25)17(21,22)23/h1-8H. The molecule has 142 valence electrons. The average molecular weight is 456 g/mol. The third kappa shape index (κ3) is 3.69. The van der Waals surface area contributed by atoms with Crippen LogP contribution >= 0.6 is 34.8 Å². The highest BCUT2D eigenvalue weighted by molar-refractivity contribution is 7.88. The van der Waals surface area contributed by atoms with Crippen LogP contribution in [0.15, 0.2) is 48.5 Å². The highest BCUT2D eigenvalue weighted by Crippen LogP contribution is 2.48. The van der Waals surface area contributed by atoms with Crippen molar-refractivity contribution >= 4 is 55.7 Å². The molecule has 0 atom stereocenters. The van der Waals surface area contributed by atoms with Gasteiger partial charge in [0.1, 0.15) is 5.02 Å². The zero-order valence-corrected chi connectivity index (χ0v) is 16.1. The second-order valence-corrected chi connectivity index (χ2v) is 8.10. The van der Waals surface area contributed by atoms with Crippen LogP contribution in [-0.2, 0) is 10.1 Å². The first-order chi connectivity index (χ1) is 12.5. The van der Waals surface area contributed by atoms with Crippen molar-refractivity contribution in [3.8, 4) is 16.9 Å². The molecule has 3 aromatic rings. The quantitative estimate of drug-likeness (QED) is 0.326. The first kappa shape index (κ1) is 20.1. The molecule has 3 rings (SSSR count). The SMILES string of the molecule is O=S(=O)(Oc1c(Cl)c(Cl)c(-c2ccc(Cl)cc2)c2ccccc12)C(F)(F)F. The molecule has 0 aliphatic carbocycles. The van der Waals surface area contributed by atoms with E-state index in [0.29, 0.717) is 21.5 Å². The fourth-order valence-electron chi connectivity index (χ4n) is 2.48. The topological polar surface area (TPSA) is 43.4 Å². The molecule has 0 unspecified atom stereocenters. The van der Waals surface area contributed by atoms with Gasteiger partial charge in [0.25, 0.3) is 0 Å². The molecule has 0 saturated heterocycles. The fourth-order valence-corrected chi connectivity index (χ4v) is 3.67. The lowest BCUT2D eigenvalue weighted by atomic mass is 9.97. The van der Waals surface area contributed by atoms with Gasteiger partial charge in [0.05, 0.1) is 5.02 Å². The first-order valence-electron chi connectivity index (χ1n) is 7.19. The van der Waals surface area contributed by atoms with Crippen molar-refractivity contribution in [1.29, 1.82) is 0 Å². The summed E-state index contributed by atoms with van der Waals surface area (Å²) in [6, 6.07) is 12.6. The Balaban J connectivity index is 2.32. The van der Waals surface area contributed by atoms with E-state index in [0.717, 1.165) is 0 Å². The Morgan fingerprint density at radius 3 is 1.93 bits per heavy atom. The smallest absolute Gasteiger partial charge is 0.374 e. The van der Waals surface area contributed by atoms with E-state index < -0.39 is 26.4 Å². The van der Waals surface area contributed by atoms with E-state index in [1.54, 1.807) is 36.4 Å². The second-order valence-electron chi connectivity index (χ2n) is 5.37. The number of alkyl halides is 3. The van der Waals surface area contributed by atoms with Crippen LogP contribution in [0.5, 0.6) is 5.75 Å². The minimum Gasteiger partial charge on any atom is -0.374 e. The number of benzene rings is 3. The highest BCUT2D eigenvalue weighted by atomic mass is 35.5. The van der Waals surface area contributed by atoms with Crippen LogP contribution in [0, 0.1) is 0 Å². The molecule has 0 aliphatic rings. The first-order valence-corrected chi connectivity index (χ1v) is 9.73. The maximum absolute atomic E-state index is 12.7. The van der Waals surface area contributed by atoms with Crippen LogP contribution in [-0.4, -0.2) is 13.9 Å². The molecule has 0 radical (unpaired) electrons. The summed E-state index contributed by atoms with van der Waals surface area (Å²) in [5.41, 5.74) is -4.61. The van der Waals surface area contributed by atoms with Crippen LogP contribution in [0.4, 0.5) is 13.2 Å². The van der Waals surface area contributed by atoms with Gasteiger partial charge in [0.2, 0.25) is 0 Å². The van der Waals surface area contributed by atoms with Crippen LogP contribution in [0.1, 0.15) is 0 Å². The molecule has 0 N–H and O–H groups in total. The van der Waals surface area contributed by atoms with E-state index in [4.69, 9.17) is 34.8 Å². The van der Waals surface area contributed by atoms with E-state index in [1.807, 2.05) is 0 Å². The molecule has 0 amide bonds. The van der Waals surface area contributed by atoms with Crippen molar-refractivity contribution < 1.29 is 25.8 Å². The zero-order chi connectivity index (χ0) is 20.0. The van der Waals surface area contributed by atoms with Crippen molar-refractivity contribution in [2.24, 2.45) is 0 Å². The molecule has 3 aromatic carbocycles. The molecule has 0 aromatic heterocycles. The Bertz CT molecular complexity index is 1130. The molecule has 10 heteroatoms. The second kappa shape index (κ2) is 7.05. The summed E-state index contributed by atoms with van der Waals surface area (Å²) in [6.45, 7) is 0. The molecule has 0 aliphatic heterocycles. The Kier molecular flexibility index (Phi) is 5.24. The van der Waals surface area contributed by atoms with Crippen molar-refractivity contribution in [3.05, 3.63) is 63.6 Å². The Labute approximate surface area is 167 Å². The van der Waals surface area contributed by atoms with Gasteiger partial charge in [-0.15, -0.1) is 0 Å². The number of hydrogen-bond acceptors (Lipinski definition) is 3. The predicted octanol–water partition coefficient (Wildman–Crippen LogP) is 6.70. The van der Waals surface area contributed by atoms with Gasteiger partial charge in [-0.2, -0.15) is 21.6 Å². The van der Waals surface area contributed by atoms with Gasteiger partial charge < -0.3 is 4.18 Å². The predicted molar refractivity (Wildman–Crippen MR) is 100 cm³/mol. The van der Waals surface area contributed by atoms with Crippen LogP contribution in [0.25, 0.3) is 21.9 Å². The monoisotopic (exact) mass is 454 g/mol. The fraction of sp³-hybridized carbons (Fsp3) is 0.0588. The van der Waals surface area contributed by atoms with Crippen LogP contribution in [0.3, 0.4) is 0 Å². The molecule has 3 nitrogen and oxygen atoms in total. The molecule has 0 fully saturated rings. The van der Waals surface area contributed by atoms with Gasteiger partial charge in [-0.3, -0.25) is 0 Å². The third-order valence-electron chi connectivity index (χ3n) is 3.66. The van der Waals surface area contributed by atoms with Crippen molar-refractivity contribution in [3.63, 3.8) is 0 Å². The lowest BCUT2D eigenvalue weighted by Gasteiger charge is -2.17. The molecule has 27 heavy (non-hydrogen) atoms. The normalized spacial score (nSPS) is 12.4. The van der Waals surface area contributed by atoms with Gasteiger partial charge in [0.15, 0.2) is 5.75 Å². The lowest BCUT2D eigenvalue weighted by Crippen LogP contribution is -2.28. The Morgan fingerprint density at radius 2 is 1.37 bits per heavy atom. The van der Waals surface area contributed by atoms with E-state index in [2.05, 4.69) is 4.18 Å². The molecular weight excluding hydrogens is 448 g/mol. The molecule has 0 bridgehead atoms. The summed E-state index contributed by atoms with van der Waals surface area (Å²) in [7, 11) is -5.93. The van der Waals surface area contributed by atoms with Crippen molar-refractivity contribution in [2.75, 3.05) is 0 Å². The maximum Gasteiger partial charge on any atom is 0.534 e. The molecular formula is C17H8Cl3F3O3S. The van der Waals surface area contributed by atoms with E-state index in [-0.39, 0.29) is 10.4 Å². The summed E-state index contributed by atoms with van der Waals surface area (Å²) < 4.78 is 65.4. The largest absolute Gasteiger partial charge is 0.534 e. The number of hydrogen-bond donors (Lipinski definition) is 0. The minimum absolute atomic E-state index is 0.0599. The summed E-state index contributed by atoms with van der Waals surface area (Å²) in [6.07, 6.45) is 0.